The van der Waals surface area contributed by atoms with Crippen LogP contribution in [0, 0.1) is 0 Å². The van der Waals surface area contributed by atoms with Crippen molar-refractivity contribution in [1.29, 1.82) is 0 Å². The van der Waals surface area contributed by atoms with Crippen LogP contribution in [-0.4, -0.2) is 48.1 Å². The first-order valence-electron chi connectivity index (χ1n) is 9.52. The monoisotopic (exact) mass is 426 g/mol. The number of aromatic nitrogens is 1. The van der Waals surface area contributed by atoms with Crippen LogP contribution in [0.2, 0.25) is 0 Å². The van der Waals surface area contributed by atoms with Gasteiger partial charge in [0.1, 0.15) is 10.6 Å². The molecule has 156 valence electrons. The second-order valence-corrected chi connectivity index (χ2v) is 9.06. The van der Waals surface area contributed by atoms with Gasteiger partial charge in [-0.3, -0.25) is 14.5 Å². The van der Waals surface area contributed by atoms with E-state index in [1.807, 2.05) is 0 Å². The Morgan fingerprint density at radius 2 is 1.73 bits per heavy atom. The molecule has 2 aromatic carbocycles. The number of amides is 1. The van der Waals surface area contributed by atoms with Crippen molar-refractivity contribution in [3.8, 4) is 0 Å². The number of hydrogen-bond donors (Lipinski definition) is 3. The van der Waals surface area contributed by atoms with Crippen molar-refractivity contribution in [3.05, 3.63) is 66.4 Å². The Labute approximate surface area is 174 Å². The summed E-state index contributed by atoms with van der Waals surface area (Å²) in [6.07, 6.45) is 2.18. The van der Waals surface area contributed by atoms with Gasteiger partial charge in [0, 0.05) is 48.8 Å². The SMILES string of the molecule is NC1(O)CCN(C(=O)c2ccc(NS(=O)(=O)c3cccc4cccnc34)cc2)CC1. The number of piperidine rings is 1. The predicted molar refractivity (Wildman–Crippen MR) is 113 cm³/mol. The van der Waals surface area contributed by atoms with Crippen molar-refractivity contribution in [2.24, 2.45) is 5.73 Å². The minimum Gasteiger partial charge on any atom is -0.376 e. The van der Waals surface area contributed by atoms with E-state index in [9.17, 15) is 18.3 Å². The molecule has 0 radical (unpaired) electrons. The van der Waals surface area contributed by atoms with E-state index in [2.05, 4.69) is 9.71 Å². The number of carbonyl (C=O) groups excluding carboxylic acids is 1. The molecule has 2 heterocycles. The number of fused-ring (bicyclic) bond motifs is 1. The highest BCUT2D eigenvalue weighted by Crippen LogP contribution is 2.24. The minimum absolute atomic E-state index is 0.0864. The van der Waals surface area contributed by atoms with Gasteiger partial charge in [-0.15, -0.1) is 0 Å². The molecule has 4 N–H and O–H groups in total. The Bertz CT molecular complexity index is 1180. The molecular weight excluding hydrogens is 404 g/mol. The van der Waals surface area contributed by atoms with Gasteiger partial charge < -0.3 is 15.7 Å². The number of sulfonamides is 1. The third kappa shape index (κ3) is 4.13. The largest absolute Gasteiger partial charge is 0.376 e. The average molecular weight is 426 g/mol. The number of benzene rings is 2. The van der Waals surface area contributed by atoms with Crippen LogP contribution in [0.1, 0.15) is 23.2 Å². The summed E-state index contributed by atoms with van der Waals surface area (Å²) in [5.74, 6) is -0.182. The topological polar surface area (TPSA) is 126 Å². The molecule has 4 rings (SSSR count). The quantitative estimate of drug-likeness (QED) is 0.547. The molecular formula is C21H22N4O4S. The zero-order chi connectivity index (χ0) is 21.4. The average Bonchev–Trinajstić information content (AvgIpc) is 2.73. The van der Waals surface area contributed by atoms with Gasteiger partial charge in [0.05, 0.1) is 5.52 Å². The lowest BCUT2D eigenvalue weighted by Crippen LogP contribution is -2.51. The summed E-state index contributed by atoms with van der Waals surface area (Å²) >= 11 is 0. The van der Waals surface area contributed by atoms with Gasteiger partial charge in [0.25, 0.3) is 15.9 Å². The summed E-state index contributed by atoms with van der Waals surface area (Å²) < 4.78 is 28.3. The first kappa shape index (κ1) is 20.3. The smallest absolute Gasteiger partial charge is 0.264 e. The zero-order valence-electron chi connectivity index (χ0n) is 16.2. The summed E-state index contributed by atoms with van der Waals surface area (Å²) in [6.45, 7) is 0.739. The van der Waals surface area contributed by atoms with Crippen molar-refractivity contribution in [1.82, 2.24) is 9.88 Å². The third-order valence-electron chi connectivity index (χ3n) is 5.19. The van der Waals surface area contributed by atoms with Crippen LogP contribution in [0.3, 0.4) is 0 Å². The molecule has 0 atom stereocenters. The van der Waals surface area contributed by atoms with Gasteiger partial charge in [-0.05, 0) is 36.4 Å². The summed E-state index contributed by atoms with van der Waals surface area (Å²) in [4.78, 5) is 18.5. The number of pyridine rings is 1. The molecule has 1 aliphatic rings. The van der Waals surface area contributed by atoms with Crippen molar-refractivity contribution in [3.63, 3.8) is 0 Å². The van der Waals surface area contributed by atoms with Crippen LogP contribution in [0.4, 0.5) is 5.69 Å². The van der Waals surface area contributed by atoms with E-state index in [0.717, 1.165) is 5.39 Å². The second kappa shape index (κ2) is 7.67. The maximum atomic E-state index is 12.9. The maximum absolute atomic E-state index is 12.9. The fraction of sp³-hybridized carbons (Fsp3) is 0.238. The number of nitrogens with one attached hydrogen (secondary N) is 1. The summed E-state index contributed by atoms with van der Waals surface area (Å²) in [5.41, 5.74) is 5.63. The fourth-order valence-electron chi connectivity index (χ4n) is 3.46. The highest BCUT2D eigenvalue weighted by Gasteiger charge is 2.30. The summed E-state index contributed by atoms with van der Waals surface area (Å²) in [6, 6.07) is 14.8. The first-order chi connectivity index (χ1) is 14.3. The van der Waals surface area contributed by atoms with Crippen LogP contribution < -0.4 is 10.5 Å². The molecule has 3 aromatic rings. The Hall–Kier alpha value is -3.01. The molecule has 0 saturated carbocycles. The Balaban J connectivity index is 1.51. The van der Waals surface area contributed by atoms with Gasteiger partial charge in [0.15, 0.2) is 0 Å². The summed E-state index contributed by atoms with van der Waals surface area (Å²) in [7, 11) is -3.86. The van der Waals surface area contributed by atoms with Gasteiger partial charge in [0.2, 0.25) is 0 Å². The lowest BCUT2D eigenvalue weighted by Gasteiger charge is -2.35. The van der Waals surface area contributed by atoms with E-state index in [0.29, 0.717) is 42.7 Å². The molecule has 1 aliphatic heterocycles. The second-order valence-electron chi connectivity index (χ2n) is 7.41. The highest BCUT2D eigenvalue weighted by atomic mass is 32.2. The molecule has 0 bridgehead atoms. The Morgan fingerprint density at radius 3 is 2.43 bits per heavy atom. The predicted octanol–water partition coefficient (Wildman–Crippen LogP) is 1.92. The van der Waals surface area contributed by atoms with Crippen molar-refractivity contribution in [2.75, 3.05) is 17.8 Å². The fourth-order valence-corrected chi connectivity index (χ4v) is 4.70. The van der Waals surface area contributed by atoms with Gasteiger partial charge in [-0.25, -0.2) is 8.42 Å². The summed E-state index contributed by atoms with van der Waals surface area (Å²) in [5, 5.41) is 10.5. The van der Waals surface area contributed by atoms with Crippen molar-refractivity contribution >= 4 is 32.5 Å². The lowest BCUT2D eigenvalue weighted by atomic mass is 10.0. The molecule has 1 aromatic heterocycles. The third-order valence-corrected chi connectivity index (χ3v) is 6.60. The number of nitrogens with zero attached hydrogens (tertiary/aromatic N) is 2. The lowest BCUT2D eigenvalue weighted by molar-refractivity contribution is -0.0116. The minimum atomic E-state index is -3.86. The van der Waals surface area contributed by atoms with Gasteiger partial charge >= 0.3 is 0 Å². The van der Waals surface area contributed by atoms with E-state index in [4.69, 9.17) is 5.73 Å². The van der Waals surface area contributed by atoms with E-state index >= 15 is 0 Å². The van der Waals surface area contributed by atoms with Crippen molar-refractivity contribution in [2.45, 2.75) is 23.5 Å². The van der Waals surface area contributed by atoms with Crippen LogP contribution in [0.15, 0.2) is 65.7 Å². The maximum Gasteiger partial charge on any atom is 0.264 e. The normalized spacial score (nSPS) is 16.4. The van der Waals surface area contributed by atoms with Crippen LogP contribution >= 0.6 is 0 Å². The molecule has 0 unspecified atom stereocenters. The van der Waals surface area contributed by atoms with E-state index in [-0.39, 0.29) is 10.8 Å². The van der Waals surface area contributed by atoms with Gasteiger partial charge in [-0.2, -0.15) is 0 Å². The first-order valence-corrected chi connectivity index (χ1v) is 11.0. The number of anilines is 1. The molecule has 1 fully saturated rings. The Morgan fingerprint density at radius 1 is 1.07 bits per heavy atom. The number of aliphatic hydroxyl groups is 1. The number of carbonyl (C=O) groups is 1. The number of rotatable bonds is 4. The zero-order valence-corrected chi connectivity index (χ0v) is 17.0. The molecule has 8 nitrogen and oxygen atoms in total. The van der Waals surface area contributed by atoms with Crippen LogP contribution in [0.5, 0.6) is 0 Å². The number of hydrogen-bond acceptors (Lipinski definition) is 6. The van der Waals surface area contributed by atoms with E-state index < -0.39 is 15.7 Å². The number of para-hydroxylation sites is 1. The van der Waals surface area contributed by atoms with Crippen LogP contribution in [0.25, 0.3) is 10.9 Å². The van der Waals surface area contributed by atoms with E-state index in [1.165, 1.54) is 6.07 Å². The molecule has 1 saturated heterocycles. The Kier molecular flexibility index (Phi) is 5.19. The number of nitrogens with two attached hydrogens (primary N) is 1. The van der Waals surface area contributed by atoms with E-state index in [1.54, 1.807) is 59.6 Å². The molecule has 1 amide bonds. The number of likely N-dealkylation sites (tertiary alicyclic amines) is 1. The van der Waals surface area contributed by atoms with Gasteiger partial charge in [-0.1, -0.05) is 18.2 Å². The standard InChI is InChI=1S/C21H22N4O4S/c22-21(27)10-13-25(14-11-21)20(26)16-6-8-17(9-7-16)24-30(28,29)18-5-1-3-15-4-2-12-23-19(15)18/h1-9,12,24,27H,10-11,13-14,22H2. The molecule has 0 aliphatic carbocycles. The van der Waals surface area contributed by atoms with Crippen LogP contribution in [-0.2, 0) is 10.0 Å². The van der Waals surface area contributed by atoms with Crippen molar-refractivity contribution < 1.29 is 18.3 Å². The molecule has 9 heteroatoms. The molecule has 0 spiro atoms. The molecule has 30 heavy (non-hydrogen) atoms. The highest BCUT2D eigenvalue weighted by molar-refractivity contribution is 7.93.